The minimum Gasteiger partial charge on any atom is -0.296 e. The van der Waals surface area contributed by atoms with Gasteiger partial charge in [-0.1, -0.05) is 54.6 Å². The Morgan fingerprint density at radius 3 is 2.50 bits per heavy atom. The molecule has 22 heavy (non-hydrogen) atoms. The molecule has 0 aliphatic rings. The fraction of sp³-hybridized carbons (Fsp3) is 0.105. The Morgan fingerprint density at radius 1 is 0.955 bits per heavy atom. The minimum atomic E-state index is -0.235. The van der Waals surface area contributed by atoms with Crippen molar-refractivity contribution in [3.8, 4) is 0 Å². The highest BCUT2D eigenvalue weighted by molar-refractivity contribution is 5.85. The summed E-state index contributed by atoms with van der Waals surface area (Å²) in [6.07, 6.45) is 1.74. The molecule has 0 aromatic heterocycles. The first kappa shape index (κ1) is 14.3. The maximum atomic E-state index is 12.9. The van der Waals surface area contributed by atoms with Crippen molar-refractivity contribution in [2.45, 2.75) is 6.54 Å². The first-order valence-corrected chi connectivity index (χ1v) is 7.20. The molecule has 0 radical (unpaired) electrons. The zero-order valence-electron chi connectivity index (χ0n) is 12.4. The Hall–Kier alpha value is -2.68. The van der Waals surface area contributed by atoms with Crippen LogP contribution in [0.15, 0.2) is 71.8 Å². The van der Waals surface area contributed by atoms with E-state index in [0.717, 1.165) is 12.1 Å². The van der Waals surface area contributed by atoms with Gasteiger partial charge in [0.25, 0.3) is 0 Å². The van der Waals surface area contributed by atoms with Gasteiger partial charge in [-0.2, -0.15) is 5.10 Å². The standard InChI is InChI=1S/C19H17FN2/c1-22(21-13-15-9-11-18(20)12-10-15)14-17-7-4-6-16-5-2-3-8-19(16)17/h2-13H,14H2,1H3/b21-13+. The second kappa shape index (κ2) is 6.39. The van der Waals surface area contributed by atoms with Crippen LogP contribution in [-0.4, -0.2) is 18.3 Å². The Balaban J connectivity index is 1.75. The van der Waals surface area contributed by atoms with Gasteiger partial charge in [0.2, 0.25) is 0 Å². The minimum absolute atomic E-state index is 0.235. The van der Waals surface area contributed by atoms with E-state index in [1.807, 2.05) is 24.2 Å². The molecule has 3 aromatic rings. The number of hydrogen-bond donors (Lipinski definition) is 0. The number of nitrogens with zero attached hydrogens (tertiary/aromatic N) is 2. The molecule has 0 aliphatic carbocycles. The van der Waals surface area contributed by atoms with Crippen molar-refractivity contribution in [1.82, 2.24) is 5.01 Å². The van der Waals surface area contributed by atoms with Crippen LogP contribution >= 0.6 is 0 Å². The van der Waals surface area contributed by atoms with Gasteiger partial charge in [0.1, 0.15) is 5.82 Å². The molecular formula is C19H17FN2. The maximum Gasteiger partial charge on any atom is 0.123 e. The van der Waals surface area contributed by atoms with Crippen LogP contribution in [0.25, 0.3) is 10.8 Å². The molecule has 3 rings (SSSR count). The van der Waals surface area contributed by atoms with E-state index in [4.69, 9.17) is 0 Å². The van der Waals surface area contributed by atoms with Crippen LogP contribution in [0.5, 0.6) is 0 Å². The zero-order valence-corrected chi connectivity index (χ0v) is 12.4. The SMILES string of the molecule is CN(Cc1cccc2ccccc12)/N=C/c1ccc(F)cc1. The molecule has 0 unspecified atom stereocenters. The number of fused-ring (bicyclic) bond motifs is 1. The van der Waals surface area contributed by atoms with Crippen LogP contribution in [0.2, 0.25) is 0 Å². The largest absolute Gasteiger partial charge is 0.296 e. The van der Waals surface area contributed by atoms with E-state index in [-0.39, 0.29) is 5.82 Å². The Morgan fingerprint density at radius 2 is 1.68 bits per heavy atom. The monoisotopic (exact) mass is 292 g/mol. The molecule has 0 saturated carbocycles. The molecular weight excluding hydrogens is 275 g/mol. The van der Waals surface area contributed by atoms with E-state index in [1.165, 1.54) is 28.5 Å². The maximum absolute atomic E-state index is 12.9. The van der Waals surface area contributed by atoms with E-state index in [1.54, 1.807) is 18.3 Å². The van der Waals surface area contributed by atoms with Gasteiger partial charge in [-0.25, -0.2) is 4.39 Å². The summed E-state index contributed by atoms with van der Waals surface area (Å²) in [5.74, 6) is -0.235. The highest BCUT2D eigenvalue weighted by Gasteiger charge is 2.02. The Labute approximate surface area is 129 Å². The average molecular weight is 292 g/mol. The molecule has 110 valence electrons. The quantitative estimate of drug-likeness (QED) is 0.512. The molecule has 0 N–H and O–H groups in total. The number of benzene rings is 3. The predicted molar refractivity (Wildman–Crippen MR) is 89.4 cm³/mol. The van der Waals surface area contributed by atoms with Gasteiger partial charge in [0, 0.05) is 7.05 Å². The van der Waals surface area contributed by atoms with Crippen molar-refractivity contribution in [3.05, 3.63) is 83.7 Å². The van der Waals surface area contributed by atoms with Crippen LogP contribution in [0.3, 0.4) is 0 Å². The summed E-state index contributed by atoms with van der Waals surface area (Å²) < 4.78 is 12.9. The summed E-state index contributed by atoms with van der Waals surface area (Å²) in [7, 11) is 1.93. The van der Waals surface area contributed by atoms with Gasteiger partial charge in [0.15, 0.2) is 0 Å². The second-order valence-corrected chi connectivity index (χ2v) is 5.25. The lowest BCUT2D eigenvalue weighted by Gasteiger charge is -2.14. The molecule has 0 fully saturated rings. The van der Waals surface area contributed by atoms with Gasteiger partial charge in [-0.15, -0.1) is 0 Å². The van der Waals surface area contributed by atoms with E-state index >= 15 is 0 Å². The highest BCUT2D eigenvalue weighted by atomic mass is 19.1. The van der Waals surface area contributed by atoms with E-state index in [9.17, 15) is 4.39 Å². The van der Waals surface area contributed by atoms with Crippen molar-refractivity contribution in [1.29, 1.82) is 0 Å². The van der Waals surface area contributed by atoms with Crippen molar-refractivity contribution in [2.75, 3.05) is 7.05 Å². The van der Waals surface area contributed by atoms with Crippen LogP contribution in [0.4, 0.5) is 4.39 Å². The van der Waals surface area contributed by atoms with E-state index in [2.05, 4.69) is 35.4 Å². The molecule has 0 saturated heterocycles. The van der Waals surface area contributed by atoms with E-state index in [0.29, 0.717) is 0 Å². The third kappa shape index (κ3) is 3.31. The molecule has 0 heterocycles. The summed E-state index contributed by atoms with van der Waals surface area (Å²) >= 11 is 0. The topological polar surface area (TPSA) is 15.6 Å². The third-order valence-electron chi connectivity index (χ3n) is 3.55. The average Bonchev–Trinajstić information content (AvgIpc) is 2.55. The first-order valence-electron chi connectivity index (χ1n) is 7.20. The smallest absolute Gasteiger partial charge is 0.123 e. The number of halogens is 1. The van der Waals surface area contributed by atoms with Crippen molar-refractivity contribution >= 4 is 17.0 Å². The Kier molecular flexibility index (Phi) is 4.15. The summed E-state index contributed by atoms with van der Waals surface area (Å²) in [5, 5.41) is 8.77. The normalized spacial score (nSPS) is 11.2. The first-order chi connectivity index (χ1) is 10.7. The fourth-order valence-electron chi connectivity index (χ4n) is 2.43. The molecule has 0 bridgehead atoms. The predicted octanol–water partition coefficient (Wildman–Crippen LogP) is 4.44. The molecule has 0 spiro atoms. The van der Waals surface area contributed by atoms with Crippen molar-refractivity contribution in [2.24, 2.45) is 5.10 Å². The molecule has 0 amide bonds. The van der Waals surface area contributed by atoms with Crippen LogP contribution in [-0.2, 0) is 6.54 Å². The lowest BCUT2D eigenvalue weighted by atomic mass is 10.0. The second-order valence-electron chi connectivity index (χ2n) is 5.25. The number of hydrazone groups is 1. The summed E-state index contributed by atoms with van der Waals surface area (Å²) in [5.41, 5.74) is 2.11. The van der Waals surface area contributed by atoms with Gasteiger partial charge >= 0.3 is 0 Å². The third-order valence-corrected chi connectivity index (χ3v) is 3.55. The summed E-state index contributed by atoms with van der Waals surface area (Å²) in [6, 6.07) is 20.9. The summed E-state index contributed by atoms with van der Waals surface area (Å²) in [6.45, 7) is 0.721. The van der Waals surface area contributed by atoms with Crippen molar-refractivity contribution < 1.29 is 4.39 Å². The van der Waals surface area contributed by atoms with Crippen LogP contribution < -0.4 is 0 Å². The lowest BCUT2D eigenvalue weighted by molar-refractivity contribution is 0.350. The van der Waals surface area contributed by atoms with Crippen LogP contribution in [0, 0.1) is 5.82 Å². The summed E-state index contributed by atoms with van der Waals surface area (Å²) in [4.78, 5) is 0. The van der Waals surface area contributed by atoms with E-state index < -0.39 is 0 Å². The number of rotatable bonds is 4. The molecule has 0 atom stereocenters. The van der Waals surface area contributed by atoms with Gasteiger partial charge in [0.05, 0.1) is 12.8 Å². The molecule has 2 nitrogen and oxygen atoms in total. The van der Waals surface area contributed by atoms with Gasteiger partial charge in [-0.3, -0.25) is 5.01 Å². The van der Waals surface area contributed by atoms with Gasteiger partial charge < -0.3 is 0 Å². The van der Waals surface area contributed by atoms with Crippen LogP contribution in [0.1, 0.15) is 11.1 Å². The molecule has 0 aliphatic heterocycles. The van der Waals surface area contributed by atoms with Gasteiger partial charge in [-0.05, 0) is 34.0 Å². The molecule has 3 aromatic carbocycles. The molecule has 3 heteroatoms. The number of hydrogen-bond acceptors (Lipinski definition) is 2. The lowest BCUT2D eigenvalue weighted by Crippen LogP contribution is -2.11. The highest BCUT2D eigenvalue weighted by Crippen LogP contribution is 2.19. The fourth-order valence-corrected chi connectivity index (χ4v) is 2.43. The van der Waals surface area contributed by atoms with Crippen molar-refractivity contribution in [3.63, 3.8) is 0 Å². The Bertz CT molecular complexity index is 789. The zero-order chi connectivity index (χ0) is 15.4.